The summed E-state index contributed by atoms with van der Waals surface area (Å²) in [7, 11) is 0. The van der Waals surface area contributed by atoms with E-state index in [1.165, 1.54) is 0 Å². The van der Waals surface area contributed by atoms with Gasteiger partial charge in [-0.05, 0) is 60.7 Å². The molecule has 214 valence electrons. The van der Waals surface area contributed by atoms with Crippen molar-refractivity contribution in [2.75, 3.05) is 11.9 Å². The second-order valence-corrected chi connectivity index (χ2v) is 10.8. The van der Waals surface area contributed by atoms with Crippen LogP contribution in [0, 0.1) is 11.7 Å². The fourth-order valence-corrected chi connectivity index (χ4v) is 5.70. The number of nitrogens with one attached hydrogen (secondary N) is 1. The number of rotatable bonds is 2. The molecular formula is C31H28ClF4N3O2. The molecule has 41 heavy (non-hydrogen) atoms. The Hall–Kier alpha value is -3.72. The first-order chi connectivity index (χ1) is 19.5. The van der Waals surface area contributed by atoms with Crippen molar-refractivity contribution in [3.05, 3.63) is 88.5 Å². The van der Waals surface area contributed by atoms with Gasteiger partial charge in [0, 0.05) is 41.5 Å². The number of carbonyl (C=O) groups is 2. The minimum atomic E-state index is -4.82. The highest BCUT2D eigenvalue weighted by atomic mass is 35.5. The van der Waals surface area contributed by atoms with Crippen LogP contribution >= 0.6 is 11.6 Å². The number of aromatic nitrogens is 1. The van der Waals surface area contributed by atoms with Crippen molar-refractivity contribution in [1.29, 1.82) is 0 Å². The highest BCUT2D eigenvalue weighted by molar-refractivity contribution is 6.31. The van der Waals surface area contributed by atoms with E-state index >= 15 is 0 Å². The highest BCUT2D eigenvalue weighted by Gasteiger charge is 2.38. The zero-order valence-electron chi connectivity index (χ0n) is 22.3. The van der Waals surface area contributed by atoms with E-state index in [1.807, 2.05) is 43.3 Å². The number of hydrogen-bond acceptors (Lipinski definition) is 3. The lowest BCUT2D eigenvalue weighted by atomic mass is 9.91. The van der Waals surface area contributed by atoms with Crippen molar-refractivity contribution in [3.8, 4) is 11.1 Å². The molecule has 0 saturated carbocycles. The Morgan fingerprint density at radius 1 is 1.05 bits per heavy atom. The summed E-state index contributed by atoms with van der Waals surface area (Å²) in [5.74, 6) is -2.01. The number of pyridine rings is 1. The van der Waals surface area contributed by atoms with Crippen molar-refractivity contribution >= 4 is 34.7 Å². The van der Waals surface area contributed by atoms with E-state index in [-0.39, 0.29) is 30.4 Å². The largest absolute Gasteiger partial charge is 0.417 e. The van der Waals surface area contributed by atoms with Crippen LogP contribution in [0.2, 0.25) is 5.02 Å². The number of anilines is 1. The Labute approximate surface area is 240 Å². The van der Waals surface area contributed by atoms with Crippen LogP contribution in [0.5, 0.6) is 0 Å². The van der Waals surface area contributed by atoms with Crippen LogP contribution < -0.4 is 5.32 Å². The quantitative estimate of drug-likeness (QED) is 0.309. The summed E-state index contributed by atoms with van der Waals surface area (Å²) in [5.41, 5.74) is 1.01. The number of alkyl halides is 3. The van der Waals surface area contributed by atoms with Gasteiger partial charge >= 0.3 is 6.18 Å². The molecule has 0 unspecified atom stereocenters. The molecule has 0 radical (unpaired) electrons. The van der Waals surface area contributed by atoms with Crippen molar-refractivity contribution in [2.45, 2.75) is 51.2 Å². The van der Waals surface area contributed by atoms with Gasteiger partial charge in [-0.1, -0.05) is 49.6 Å². The predicted octanol–water partition coefficient (Wildman–Crippen LogP) is 8.07. The number of carbonyl (C=O) groups excluding carboxylic acids is 2. The van der Waals surface area contributed by atoms with Crippen molar-refractivity contribution in [2.24, 2.45) is 5.92 Å². The van der Waals surface area contributed by atoms with E-state index in [2.05, 4.69) is 10.3 Å². The third kappa shape index (κ3) is 6.00. The lowest BCUT2D eigenvalue weighted by molar-refractivity contribution is -0.138. The maximum Gasteiger partial charge on any atom is 0.417 e. The van der Waals surface area contributed by atoms with Gasteiger partial charge in [0.25, 0.3) is 0 Å². The van der Waals surface area contributed by atoms with E-state index in [1.54, 1.807) is 11.1 Å². The van der Waals surface area contributed by atoms with E-state index in [4.69, 9.17) is 11.6 Å². The van der Waals surface area contributed by atoms with E-state index in [0.717, 1.165) is 35.8 Å². The first kappa shape index (κ1) is 28.8. The molecule has 0 fully saturated rings. The van der Waals surface area contributed by atoms with Crippen molar-refractivity contribution in [3.63, 3.8) is 0 Å². The van der Waals surface area contributed by atoms with Crippen LogP contribution in [0.4, 0.5) is 23.2 Å². The van der Waals surface area contributed by atoms with Gasteiger partial charge in [-0.3, -0.25) is 14.6 Å². The number of para-hydroxylation sites is 1. The maximum absolute atomic E-state index is 14.9. The summed E-state index contributed by atoms with van der Waals surface area (Å²) < 4.78 is 56.1. The summed E-state index contributed by atoms with van der Waals surface area (Å²) in [4.78, 5) is 32.5. The summed E-state index contributed by atoms with van der Waals surface area (Å²) in [6, 6.07) is 12.3. The molecule has 5 rings (SSSR count). The van der Waals surface area contributed by atoms with Gasteiger partial charge in [0.15, 0.2) is 0 Å². The Kier molecular flexibility index (Phi) is 8.18. The monoisotopic (exact) mass is 585 g/mol. The fourth-order valence-electron chi connectivity index (χ4n) is 5.54. The van der Waals surface area contributed by atoms with Crippen LogP contribution in [0.3, 0.4) is 0 Å². The molecule has 0 spiro atoms. The Balaban J connectivity index is 1.53. The molecule has 3 aromatic rings. The van der Waals surface area contributed by atoms with Gasteiger partial charge in [0.2, 0.25) is 11.8 Å². The molecule has 2 atom stereocenters. The highest BCUT2D eigenvalue weighted by Crippen LogP contribution is 2.41. The van der Waals surface area contributed by atoms with Gasteiger partial charge in [0.05, 0.1) is 22.3 Å². The average Bonchev–Trinajstić information content (AvgIpc) is 2.94. The van der Waals surface area contributed by atoms with Gasteiger partial charge in [-0.2, -0.15) is 13.2 Å². The topological polar surface area (TPSA) is 62.3 Å². The molecule has 2 aliphatic heterocycles. The first-order valence-corrected chi connectivity index (χ1v) is 13.9. The van der Waals surface area contributed by atoms with Crippen molar-refractivity contribution < 1.29 is 27.2 Å². The van der Waals surface area contributed by atoms with Gasteiger partial charge in [-0.25, -0.2) is 4.39 Å². The second-order valence-electron chi connectivity index (χ2n) is 10.4. The summed E-state index contributed by atoms with van der Waals surface area (Å²) in [5, 5.41) is 2.59. The number of halogens is 5. The molecule has 1 N–H and O–H groups in total. The molecule has 2 amide bonds. The van der Waals surface area contributed by atoms with Crippen LogP contribution in [-0.4, -0.2) is 28.2 Å². The second kappa shape index (κ2) is 11.6. The lowest BCUT2D eigenvalue weighted by Crippen LogP contribution is -2.38. The molecule has 2 bridgehead atoms. The molecule has 0 aliphatic carbocycles. The summed E-state index contributed by atoms with van der Waals surface area (Å²) in [6.07, 6.45) is 0.547. The van der Waals surface area contributed by atoms with Crippen LogP contribution in [0.1, 0.15) is 61.9 Å². The fraction of sp³-hybridized carbons (Fsp3) is 0.323. The number of hydrogen-bond donors (Lipinski definition) is 1. The first-order valence-electron chi connectivity index (χ1n) is 13.5. The SMILES string of the molecule is C[C@@H]1CCCC[C@H](N2CCC(c3c(C(F)(F)F)ccc(Cl)c3F)=CC2=O)c2cc(ccn2)-c2ccccc2NC1=O. The Morgan fingerprint density at radius 2 is 1.80 bits per heavy atom. The number of benzene rings is 2. The molecule has 2 aromatic carbocycles. The minimum Gasteiger partial charge on any atom is -0.330 e. The van der Waals surface area contributed by atoms with Gasteiger partial charge in [-0.15, -0.1) is 0 Å². The molecule has 1 aromatic heterocycles. The standard InChI is InChI=1S/C31H28ClF4N3O2/c1-18-6-2-5-9-26(25-16-19(12-14-37-25)21-7-3-4-8-24(21)38-30(18)41)39-15-13-20(17-27(39)40)28-22(31(34,35)36)10-11-23(32)29(28)33/h3-4,7-8,10-12,14,16-18,26H,2,5-6,9,13,15H2,1H3,(H,38,41)/t18-,26+/m1/s1. The zero-order valence-corrected chi connectivity index (χ0v) is 23.0. The van der Waals surface area contributed by atoms with Gasteiger partial charge < -0.3 is 10.2 Å². The summed E-state index contributed by atoms with van der Waals surface area (Å²) >= 11 is 5.83. The Bertz CT molecular complexity index is 1520. The average molecular weight is 586 g/mol. The van der Waals surface area contributed by atoms with E-state index < -0.39 is 40.1 Å². The number of amides is 2. The van der Waals surface area contributed by atoms with E-state index in [0.29, 0.717) is 30.6 Å². The predicted molar refractivity (Wildman–Crippen MR) is 149 cm³/mol. The summed E-state index contributed by atoms with van der Waals surface area (Å²) in [6.45, 7) is 1.96. The molecule has 10 heteroatoms. The lowest BCUT2D eigenvalue weighted by Gasteiger charge is -2.34. The molecular weight excluding hydrogens is 558 g/mol. The number of nitrogens with zero attached hydrogens (tertiary/aromatic N) is 2. The molecule has 0 saturated heterocycles. The minimum absolute atomic E-state index is 0.0144. The molecule has 5 nitrogen and oxygen atoms in total. The third-order valence-corrected chi connectivity index (χ3v) is 8.02. The maximum atomic E-state index is 14.9. The normalized spacial score (nSPS) is 20.2. The zero-order chi connectivity index (χ0) is 29.3. The van der Waals surface area contributed by atoms with Crippen LogP contribution in [0.25, 0.3) is 16.7 Å². The number of fused-ring (bicyclic) bond motifs is 4. The van der Waals surface area contributed by atoms with Crippen LogP contribution in [-0.2, 0) is 15.8 Å². The third-order valence-electron chi connectivity index (χ3n) is 7.73. The molecule has 2 aliphatic rings. The smallest absolute Gasteiger partial charge is 0.330 e. The van der Waals surface area contributed by atoms with E-state index in [9.17, 15) is 27.2 Å². The van der Waals surface area contributed by atoms with Crippen molar-refractivity contribution in [1.82, 2.24) is 9.88 Å². The van der Waals surface area contributed by atoms with Gasteiger partial charge in [0.1, 0.15) is 5.82 Å². The molecule has 3 heterocycles. The Morgan fingerprint density at radius 3 is 2.56 bits per heavy atom. The van der Waals surface area contributed by atoms with Crippen LogP contribution in [0.15, 0.2) is 60.8 Å².